The van der Waals surface area contributed by atoms with Crippen LogP contribution in [0.15, 0.2) is 69.1 Å². The van der Waals surface area contributed by atoms with E-state index in [0.29, 0.717) is 5.56 Å². The highest BCUT2D eigenvalue weighted by atomic mass is 32.2. The Hall–Kier alpha value is -3.13. The molecule has 0 N–H and O–H groups in total. The lowest BCUT2D eigenvalue weighted by molar-refractivity contribution is 0.479. The molecule has 3 rings (SSSR count). The van der Waals surface area contributed by atoms with E-state index in [2.05, 4.69) is 0 Å². The Morgan fingerprint density at radius 2 is 1.44 bits per heavy atom. The van der Waals surface area contributed by atoms with Gasteiger partial charge in [-0.1, -0.05) is 48.5 Å². The van der Waals surface area contributed by atoms with Gasteiger partial charge in [0.15, 0.2) is 10.6 Å². The first kappa shape index (κ1) is 18.7. The zero-order valence-electron chi connectivity index (χ0n) is 15.0. The van der Waals surface area contributed by atoms with Crippen LogP contribution in [0.2, 0.25) is 0 Å². The largest absolute Gasteiger partial charge is 0.378 e. The summed E-state index contributed by atoms with van der Waals surface area (Å²) < 4.78 is 33.0. The SMILES string of the molecule is Cc1c(S(=O)(=O)Oc2ccccc2-c2ccccc2)c(=O)n(C)c(=O)n1C. The first-order valence-corrected chi connectivity index (χ1v) is 9.50. The van der Waals surface area contributed by atoms with Crippen LogP contribution in [0.25, 0.3) is 11.1 Å². The van der Waals surface area contributed by atoms with Crippen LogP contribution in [0.3, 0.4) is 0 Å². The summed E-state index contributed by atoms with van der Waals surface area (Å²) in [6.07, 6.45) is 0. The summed E-state index contributed by atoms with van der Waals surface area (Å²) in [5.74, 6) is 0.0963. The van der Waals surface area contributed by atoms with Crippen molar-refractivity contribution in [3.05, 3.63) is 81.1 Å². The van der Waals surface area contributed by atoms with Crippen LogP contribution in [0.5, 0.6) is 5.75 Å². The van der Waals surface area contributed by atoms with Gasteiger partial charge in [-0.2, -0.15) is 8.42 Å². The molecule has 0 saturated heterocycles. The van der Waals surface area contributed by atoms with E-state index in [0.717, 1.165) is 14.7 Å². The maximum absolute atomic E-state index is 12.9. The maximum atomic E-state index is 12.9. The molecule has 0 amide bonds. The molecule has 0 aliphatic rings. The third-order valence-corrected chi connectivity index (χ3v) is 5.69. The van der Waals surface area contributed by atoms with Crippen LogP contribution in [0.1, 0.15) is 5.69 Å². The summed E-state index contributed by atoms with van der Waals surface area (Å²) in [6.45, 7) is 1.39. The fraction of sp³-hybridized carbons (Fsp3) is 0.158. The van der Waals surface area contributed by atoms with E-state index in [9.17, 15) is 18.0 Å². The fourth-order valence-corrected chi connectivity index (χ4v) is 4.07. The van der Waals surface area contributed by atoms with Gasteiger partial charge in [-0.05, 0) is 18.6 Å². The van der Waals surface area contributed by atoms with E-state index in [1.807, 2.05) is 30.3 Å². The van der Waals surface area contributed by atoms with Crippen LogP contribution >= 0.6 is 0 Å². The molecular weight excluding hydrogens is 368 g/mol. The number of aromatic nitrogens is 2. The van der Waals surface area contributed by atoms with Gasteiger partial charge >= 0.3 is 15.8 Å². The molecule has 3 aromatic rings. The standard InChI is InChI=1S/C19H18N2O5S/c1-13-17(18(22)21(3)19(23)20(13)2)27(24,25)26-16-12-8-7-11-15(16)14-9-5-4-6-10-14/h4-12H,1-3H3. The first-order valence-electron chi connectivity index (χ1n) is 8.09. The van der Waals surface area contributed by atoms with E-state index >= 15 is 0 Å². The Morgan fingerprint density at radius 1 is 0.852 bits per heavy atom. The van der Waals surface area contributed by atoms with Gasteiger partial charge in [0.05, 0.1) is 0 Å². The second-order valence-corrected chi connectivity index (χ2v) is 7.50. The lowest BCUT2D eigenvalue weighted by Gasteiger charge is -2.14. The summed E-state index contributed by atoms with van der Waals surface area (Å²) >= 11 is 0. The molecule has 1 aromatic heterocycles. The maximum Gasteiger partial charge on any atom is 0.346 e. The molecule has 0 saturated carbocycles. The normalized spacial score (nSPS) is 11.4. The van der Waals surface area contributed by atoms with Crippen molar-refractivity contribution >= 4 is 10.1 Å². The van der Waals surface area contributed by atoms with Gasteiger partial charge in [0, 0.05) is 25.4 Å². The lowest BCUT2D eigenvalue weighted by atomic mass is 10.1. The Labute approximate surface area is 156 Å². The number of hydrogen-bond acceptors (Lipinski definition) is 5. The summed E-state index contributed by atoms with van der Waals surface area (Å²) in [7, 11) is -1.84. The third kappa shape index (κ3) is 3.31. The molecule has 1 heterocycles. The number of benzene rings is 2. The van der Waals surface area contributed by atoms with Crippen molar-refractivity contribution in [2.45, 2.75) is 11.8 Å². The molecule has 0 fully saturated rings. The first-order chi connectivity index (χ1) is 12.7. The average molecular weight is 386 g/mol. The molecule has 0 aliphatic heterocycles. The van der Waals surface area contributed by atoms with Crippen LogP contribution in [0.4, 0.5) is 0 Å². The van der Waals surface area contributed by atoms with Crippen LogP contribution in [-0.2, 0) is 24.2 Å². The Morgan fingerprint density at radius 3 is 2.11 bits per heavy atom. The second kappa shape index (κ2) is 6.88. The molecule has 27 heavy (non-hydrogen) atoms. The van der Waals surface area contributed by atoms with Gasteiger partial charge in [-0.3, -0.25) is 13.9 Å². The predicted octanol–water partition coefficient (Wildman–Crippen LogP) is 1.83. The van der Waals surface area contributed by atoms with E-state index in [4.69, 9.17) is 4.18 Å². The molecule has 140 valence electrons. The minimum absolute atomic E-state index is 0.0142. The van der Waals surface area contributed by atoms with Gasteiger partial charge in [-0.25, -0.2) is 4.79 Å². The molecular formula is C19H18N2O5S. The van der Waals surface area contributed by atoms with Crippen LogP contribution < -0.4 is 15.4 Å². The van der Waals surface area contributed by atoms with E-state index < -0.39 is 26.3 Å². The highest BCUT2D eigenvalue weighted by Crippen LogP contribution is 2.31. The Kier molecular flexibility index (Phi) is 4.75. The lowest BCUT2D eigenvalue weighted by Crippen LogP contribution is -2.41. The van der Waals surface area contributed by atoms with Crippen molar-refractivity contribution in [2.24, 2.45) is 14.1 Å². The summed E-state index contributed by atoms with van der Waals surface area (Å²) in [5, 5.41) is 0. The minimum Gasteiger partial charge on any atom is -0.378 e. The van der Waals surface area contributed by atoms with Crippen molar-refractivity contribution in [2.75, 3.05) is 0 Å². The summed E-state index contributed by atoms with van der Waals surface area (Å²) in [4.78, 5) is 23.9. The molecule has 0 unspecified atom stereocenters. The van der Waals surface area contributed by atoms with Crippen molar-refractivity contribution in [3.8, 4) is 16.9 Å². The van der Waals surface area contributed by atoms with Crippen molar-refractivity contribution in [1.82, 2.24) is 9.13 Å². The smallest absolute Gasteiger partial charge is 0.346 e. The van der Waals surface area contributed by atoms with Gasteiger partial charge in [0.2, 0.25) is 0 Å². The zero-order valence-corrected chi connectivity index (χ0v) is 15.9. The topological polar surface area (TPSA) is 87.4 Å². The zero-order chi connectivity index (χ0) is 19.8. The molecule has 0 atom stereocenters. The van der Waals surface area contributed by atoms with Crippen molar-refractivity contribution in [3.63, 3.8) is 0 Å². The van der Waals surface area contributed by atoms with Crippen LogP contribution in [-0.4, -0.2) is 17.6 Å². The van der Waals surface area contributed by atoms with Crippen LogP contribution in [0, 0.1) is 6.92 Å². The monoisotopic (exact) mass is 386 g/mol. The van der Waals surface area contributed by atoms with Gasteiger partial charge in [0.25, 0.3) is 5.56 Å². The highest BCUT2D eigenvalue weighted by Gasteiger charge is 2.28. The molecule has 0 aliphatic carbocycles. The quantitative estimate of drug-likeness (QED) is 0.639. The Balaban J connectivity index is 2.16. The third-order valence-electron chi connectivity index (χ3n) is 4.33. The van der Waals surface area contributed by atoms with Crippen molar-refractivity contribution < 1.29 is 12.6 Å². The molecule has 2 aromatic carbocycles. The van der Waals surface area contributed by atoms with Gasteiger partial charge in [0.1, 0.15) is 0 Å². The summed E-state index contributed by atoms with van der Waals surface area (Å²) in [6, 6.07) is 15.8. The molecule has 0 radical (unpaired) electrons. The average Bonchev–Trinajstić information content (AvgIpc) is 2.65. The molecule has 7 nitrogen and oxygen atoms in total. The molecule has 0 bridgehead atoms. The number of hydrogen-bond donors (Lipinski definition) is 0. The fourth-order valence-electron chi connectivity index (χ4n) is 2.76. The van der Waals surface area contributed by atoms with Gasteiger partial charge < -0.3 is 4.18 Å². The van der Waals surface area contributed by atoms with E-state index in [1.54, 1.807) is 18.2 Å². The number of nitrogens with zero attached hydrogens (tertiary/aromatic N) is 2. The molecule has 8 heteroatoms. The second-order valence-electron chi connectivity index (χ2n) is 6.02. The molecule has 0 spiro atoms. The highest BCUT2D eigenvalue weighted by molar-refractivity contribution is 7.87. The van der Waals surface area contributed by atoms with Crippen molar-refractivity contribution in [1.29, 1.82) is 0 Å². The Bertz CT molecular complexity index is 1230. The van der Waals surface area contributed by atoms with Gasteiger partial charge in [-0.15, -0.1) is 0 Å². The van der Waals surface area contributed by atoms with E-state index in [-0.39, 0.29) is 11.4 Å². The minimum atomic E-state index is -4.46. The van der Waals surface area contributed by atoms with E-state index in [1.165, 1.54) is 27.1 Å². The number of para-hydroxylation sites is 1. The predicted molar refractivity (Wildman–Crippen MR) is 101 cm³/mol. The number of rotatable bonds is 4. The summed E-state index contributed by atoms with van der Waals surface area (Å²) in [5.41, 5.74) is -0.177.